The Hall–Kier alpha value is -2.03. The van der Waals surface area contributed by atoms with Crippen LogP contribution in [0.25, 0.3) is 10.4 Å². The molecule has 1 saturated carbocycles. The van der Waals surface area contributed by atoms with E-state index in [-0.39, 0.29) is 17.7 Å². The van der Waals surface area contributed by atoms with Crippen LogP contribution >= 0.6 is 0 Å². The van der Waals surface area contributed by atoms with Gasteiger partial charge in [-0.15, -0.1) is 0 Å². The number of nitrogens with zero attached hydrogens (tertiary/aromatic N) is 4. The smallest absolute Gasteiger partial charge is 0.181 e. The highest BCUT2D eigenvalue weighted by Crippen LogP contribution is 2.42. The molecule has 92 valence electrons. The molecule has 0 saturated heterocycles. The maximum Gasteiger partial charge on any atom is 0.181 e. The van der Waals surface area contributed by atoms with Crippen LogP contribution in [-0.4, -0.2) is 19.2 Å². The average Bonchev–Trinajstić information content (AvgIpc) is 2.34. The zero-order valence-corrected chi connectivity index (χ0v) is 10.2. The van der Waals surface area contributed by atoms with Crippen LogP contribution < -0.4 is 0 Å². The molecule has 1 aliphatic carbocycles. The summed E-state index contributed by atoms with van der Waals surface area (Å²) in [5.41, 5.74) is 7.17. The van der Waals surface area contributed by atoms with Crippen LogP contribution in [-0.2, 0) is 9.84 Å². The van der Waals surface area contributed by atoms with E-state index in [1.165, 1.54) is 12.1 Å². The molecule has 1 aliphatic rings. The SMILES string of the molecule is N#CC1(N=[N+]=[N-])CC(S(=O)(=O)c2ccccc2)C1. The molecule has 0 aromatic heterocycles. The second-order valence-electron chi connectivity index (χ2n) is 4.22. The third kappa shape index (κ3) is 1.92. The van der Waals surface area contributed by atoms with Crippen molar-refractivity contribution >= 4 is 9.84 Å². The molecular weight excluding hydrogens is 252 g/mol. The van der Waals surface area contributed by atoms with Gasteiger partial charge in [-0.3, -0.25) is 0 Å². The summed E-state index contributed by atoms with van der Waals surface area (Å²) in [6, 6.07) is 9.96. The number of hydrogen-bond acceptors (Lipinski definition) is 4. The largest absolute Gasteiger partial charge is 0.223 e. The van der Waals surface area contributed by atoms with Crippen LogP contribution in [0.2, 0.25) is 0 Å². The van der Waals surface area contributed by atoms with Gasteiger partial charge in [-0.2, -0.15) is 5.26 Å². The molecule has 7 heteroatoms. The molecule has 0 heterocycles. The van der Waals surface area contributed by atoms with Crippen LogP contribution in [0.15, 0.2) is 40.3 Å². The maximum atomic E-state index is 12.2. The van der Waals surface area contributed by atoms with Gasteiger partial charge < -0.3 is 0 Å². The zero-order valence-electron chi connectivity index (χ0n) is 9.39. The number of hydrogen-bond donors (Lipinski definition) is 0. The molecule has 0 atom stereocenters. The van der Waals surface area contributed by atoms with Crippen molar-refractivity contribution in [2.75, 3.05) is 0 Å². The minimum Gasteiger partial charge on any atom is -0.223 e. The van der Waals surface area contributed by atoms with Gasteiger partial charge in [-0.1, -0.05) is 23.3 Å². The number of azide groups is 1. The fraction of sp³-hybridized carbons (Fsp3) is 0.364. The Morgan fingerprint density at radius 3 is 2.50 bits per heavy atom. The van der Waals surface area contributed by atoms with Crippen LogP contribution in [0.5, 0.6) is 0 Å². The van der Waals surface area contributed by atoms with Gasteiger partial charge in [-0.05, 0) is 30.5 Å². The summed E-state index contributed by atoms with van der Waals surface area (Å²) in [4.78, 5) is 2.84. The monoisotopic (exact) mass is 262 g/mol. The summed E-state index contributed by atoms with van der Waals surface area (Å²) in [6.07, 6.45) is 0.121. The van der Waals surface area contributed by atoms with Gasteiger partial charge in [0, 0.05) is 4.91 Å². The van der Waals surface area contributed by atoms with E-state index in [0.717, 1.165) is 0 Å². The molecule has 1 aromatic rings. The van der Waals surface area contributed by atoms with Crippen molar-refractivity contribution in [3.8, 4) is 6.07 Å². The second kappa shape index (κ2) is 4.33. The molecule has 2 rings (SSSR count). The highest BCUT2D eigenvalue weighted by atomic mass is 32.2. The lowest BCUT2D eigenvalue weighted by Gasteiger charge is -2.38. The number of sulfone groups is 1. The topological polar surface area (TPSA) is 107 Å². The Kier molecular flexibility index (Phi) is 2.99. The van der Waals surface area contributed by atoms with Gasteiger partial charge in [0.15, 0.2) is 9.84 Å². The highest BCUT2D eigenvalue weighted by molar-refractivity contribution is 7.92. The first-order valence-corrected chi connectivity index (χ1v) is 6.85. The Labute approximate surface area is 104 Å². The second-order valence-corrected chi connectivity index (χ2v) is 6.45. The third-order valence-electron chi connectivity index (χ3n) is 3.09. The first-order chi connectivity index (χ1) is 8.54. The fourth-order valence-corrected chi connectivity index (χ4v) is 3.91. The van der Waals surface area contributed by atoms with Crippen molar-refractivity contribution in [2.45, 2.75) is 28.5 Å². The first kappa shape index (κ1) is 12.4. The lowest BCUT2D eigenvalue weighted by atomic mass is 9.78. The third-order valence-corrected chi connectivity index (χ3v) is 5.23. The van der Waals surface area contributed by atoms with Crippen molar-refractivity contribution in [3.63, 3.8) is 0 Å². The Morgan fingerprint density at radius 2 is 2.00 bits per heavy atom. The van der Waals surface area contributed by atoms with E-state index < -0.39 is 20.6 Å². The van der Waals surface area contributed by atoms with Crippen molar-refractivity contribution < 1.29 is 8.42 Å². The molecule has 6 nitrogen and oxygen atoms in total. The molecule has 0 spiro atoms. The molecule has 0 N–H and O–H groups in total. The lowest BCUT2D eigenvalue weighted by Crippen LogP contribution is -2.48. The Bertz CT molecular complexity index is 635. The van der Waals surface area contributed by atoms with E-state index in [2.05, 4.69) is 10.0 Å². The van der Waals surface area contributed by atoms with Gasteiger partial charge in [0.1, 0.15) is 5.54 Å². The van der Waals surface area contributed by atoms with Gasteiger partial charge in [0.25, 0.3) is 0 Å². The quantitative estimate of drug-likeness (QED) is 0.473. The Balaban J connectivity index is 2.23. The van der Waals surface area contributed by atoms with Gasteiger partial charge in [0.2, 0.25) is 0 Å². The highest BCUT2D eigenvalue weighted by Gasteiger charge is 2.50. The van der Waals surface area contributed by atoms with Gasteiger partial charge in [-0.25, -0.2) is 8.42 Å². The first-order valence-electron chi connectivity index (χ1n) is 5.30. The molecule has 0 radical (unpaired) electrons. The average molecular weight is 262 g/mol. The molecule has 0 bridgehead atoms. The van der Waals surface area contributed by atoms with Gasteiger partial charge >= 0.3 is 0 Å². The van der Waals surface area contributed by atoms with Crippen molar-refractivity contribution in [1.29, 1.82) is 5.26 Å². The maximum absolute atomic E-state index is 12.2. The number of nitriles is 1. The summed E-state index contributed by atoms with van der Waals surface area (Å²) in [7, 11) is -3.44. The van der Waals surface area contributed by atoms with Crippen molar-refractivity contribution in [1.82, 2.24) is 0 Å². The van der Waals surface area contributed by atoms with Crippen LogP contribution in [0.3, 0.4) is 0 Å². The van der Waals surface area contributed by atoms with E-state index in [0.29, 0.717) is 0 Å². The molecule has 18 heavy (non-hydrogen) atoms. The van der Waals surface area contributed by atoms with Crippen LogP contribution in [0.1, 0.15) is 12.8 Å². The molecular formula is C11H10N4O2S. The normalized spacial score (nSPS) is 26.5. The predicted molar refractivity (Wildman–Crippen MR) is 64.1 cm³/mol. The molecule has 0 amide bonds. The van der Waals surface area contributed by atoms with Crippen LogP contribution in [0, 0.1) is 11.3 Å². The van der Waals surface area contributed by atoms with E-state index in [9.17, 15) is 8.42 Å². The number of benzene rings is 1. The molecule has 0 aliphatic heterocycles. The lowest BCUT2D eigenvalue weighted by molar-refractivity contribution is 0.325. The summed E-state index contributed by atoms with van der Waals surface area (Å²) in [6.45, 7) is 0. The summed E-state index contributed by atoms with van der Waals surface area (Å²) < 4.78 is 24.4. The summed E-state index contributed by atoms with van der Waals surface area (Å²) >= 11 is 0. The van der Waals surface area contributed by atoms with E-state index >= 15 is 0 Å². The van der Waals surface area contributed by atoms with E-state index in [4.69, 9.17) is 10.8 Å². The molecule has 1 fully saturated rings. The van der Waals surface area contributed by atoms with Crippen molar-refractivity contribution in [2.24, 2.45) is 5.11 Å². The minimum absolute atomic E-state index is 0.0603. The molecule has 0 unspecified atom stereocenters. The Morgan fingerprint density at radius 1 is 1.39 bits per heavy atom. The van der Waals surface area contributed by atoms with E-state index in [1.54, 1.807) is 18.2 Å². The summed E-state index contributed by atoms with van der Waals surface area (Å²) in [5, 5.41) is 11.7. The molecule has 1 aromatic carbocycles. The zero-order chi connectivity index (χ0) is 13.2. The van der Waals surface area contributed by atoms with Crippen molar-refractivity contribution in [3.05, 3.63) is 40.8 Å². The van der Waals surface area contributed by atoms with Crippen LogP contribution in [0.4, 0.5) is 0 Å². The predicted octanol–water partition coefficient (Wildman–Crippen LogP) is 2.20. The standard InChI is InChI=1S/C11H10N4O2S/c12-8-11(14-15-13)6-10(7-11)18(16,17)9-4-2-1-3-5-9/h1-5,10H,6-7H2. The number of rotatable bonds is 3. The van der Waals surface area contributed by atoms with E-state index in [1.807, 2.05) is 6.07 Å². The summed E-state index contributed by atoms with van der Waals surface area (Å²) in [5.74, 6) is 0. The van der Waals surface area contributed by atoms with Gasteiger partial charge in [0.05, 0.1) is 16.2 Å². The minimum atomic E-state index is -3.44. The fourth-order valence-electron chi connectivity index (χ4n) is 2.00.